The summed E-state index contributed by atoms with van der Waals surface area (Å²) in [5, 5.41) is 0. The monoisotopic (exact) mass is 246 g/mol. The Morgan fingerprint density at radius 3 is 2.94 bits per heavy atom. The van der Waals surface area contributed by atoms with Crippen LogP contribution in [-0.4, -0.2) is 54.6 Å². The maximum atomic E-state index is 11.3. The van der Waals surface area contributed by atoms with Crippen LogP contribution in [0, 0.1) is 0 Å². The van der Waals surface area contributed by atoms with E-state index in [1.165, 1.54) is 0 Å². The van der Waals surface area contributed by atoms with Crippen molar-refractivity contribution in [3.63, 3.8) is 0 Å². The maximum Gasteiger partial charge on any atom is 0.311 e. The molecule has 1 heterocycles. The van der Waals surface area contributed by atoms with Gasteiger partial charge < -0.3 is 9.64 Å². The second kappa shape index (κ2) is 6.48. The van der Waals surface area contributed by atoms with E-state index < -0.39 is 0 Å². The molecule has 16 heavy (non-hydrogen) atoms. The Labute approximate surface area is 99.4 Å². The number of carbonyl (C=O) groups is 2. The third-order valence-electron chi connectivity index (χ3n) is 2.20. The van der Waals surface area contributed by atoms with E-state index in [-0.39, 0.29) is 24.2 Å². The van der Waals surface area contributed by atoms with Gasteiger partial charge in [0.1, 0.15) is 5.88 Å². The number of esters is 1. The van der Waals surface area contributed by atoms with E-state index in [2.05, 4.69) is 4.99 Å². The van der Waals surface area contributed by atoms with Gasteiger partial charge in [0.15, 0.2) is 0 Å². The highest BCUT2D eigenvalue weighted by Gasteiger charge is 2.20. The lowest BCUT2D eigenvalue weighted by Gasteiger charge is -2.25. The third kappa shape index (κ3) is 3.81. The molecule has 0 radical (unpaired) electrons. The van der Waals surface area contributed by atoms with Crippen LogP contribution in [0.2, 0.25) is 0 Å². The summed E-state index contributed by atoms with van der Waals surface area (Å²) in [6.07, 6.45) is 0.153. The Kier molecular flexibility index (Phi) is 5.25. The first-order chi connectivity index (χ1) is 7.67. The molecule has 5 nitrogen and oxygen atoms in total. The van der Waals surface area contributed by atoms with Gasteiger partial charge in [0.05, 0.1) is 26.1 Å². The van der Waals surface area contributed by atoms with Crippen molar-refractivity contribution in [2.45, 2.75) is 13.3 Å². The summed E-state index contributed by atoms with van der Waals surface area (Å²) < 4.78 is 4.82. The molecular formula is C10H15ClN2O3. The number of rotatable bonds is 4. The molecule has 1 aliphatic heterocycles. The zero-order chi connectivity index (χ0) is 12.0. The van der Waals surface area contributed by atoms with Crippen LogP contribution in [0.3, 0.4) is 0 Å². The molecule has 0 bridgehead atoms. The molecule has 0 aromatic carbocycles. The fourth-order valence-electron chi connectivity index (χ4n) is 1.47. The van der Waals surface area contributed by atoms with Crippen molar-refractivity contribution in [1.82, 2.24) is 4.90 Å². The number of aliphatic imine (C=N–C) groups is 1. The quantitative estimate of drug-likeness (QED) is 0.535. The first-order valence-corrected chi connectivity index (χ1v) is 5.72. The predicted molar refractivity (Wildman–Crippen MR) is 60.9 cm³/mol. The van der Waals surface area contributed by atoms with Crippen LogP contribution in [0.25, 0.3) is 0 Å². The van der Waals surface area contributed by atoms with Crippen molar-refractivity contribution in [2.24, 2.45) is 4.99 Å². The SMILES string of the molecule is CCOC(=O)CC1=NCCN(C(=O)CCl)C1. The van der Waals surface area contributed by atoms with Crippen molar-refractivity contribution >= 4 is 29.2 Å². The summed E-state index contributed by atoms with van der Waals surface area (Å²) in [6.45, 7) is 3.58. The van der Waals surface area contributed by atoms with Gasteiger partial charge in [0, 0.05) is 12.3 Å². The van der Waals surface area contributed by atoms with E-state index in [0.717, 1.165) is 0 Å². The van der Waals surface area contributed by atoms with Crippen LogP contribution in [0.5, 0.6) is 0 Å². The van der Waals surface area contributed by atoms with Crippen molar-refractivity contribution in [3.8, 4) is 0 Å². The van der Waals surface area contributed by atoms with E-state index in [1.807, 2.05) is 0 Å². The number of halogens is 1. The average molecular weight is 247 g/mol. The summed E-state index contributed by atoms with van der Waals surface area (Å²) >= 11 is 5.47. The molecule has 90 valence electrons. The summed E-state index contributed by atoms with van der Waals surface area (Å²) in [5.41, 5.74) is 0.683. The van der Waals surface area contributed by atoms with Gasteiger partial charge in [0.25, 0.3) is 0 Å². The zero-order valence-corrected chi connectivity index (χ0v) is 10.00. The molecule has 0 saturated heterocycles. The number of ether oxygens (including phenoxy) is 1. The highest BCUT2D eigenvalue weighted by Crippen LogP contribution is 2.03. The fraction of sp³-hybridized carbons (Fsp3) is 0.700. The fourth-order valence-corrected chi connectivity index (χ4v) is 1.64. The second-order valence-electron chi connectivity index (χ2n) is 3.38. The summed E-state index contributed by atoms with van der Waals surface area (Å²) in [7, 11) is 0. The molecule has 0 spiro atoms. The third-order valence-corrected chi connectivity index (χ3v) is 2.43. The van der Waals surface area contributed by atoms with Crippen LogP contribution in [0.15, 0.2) is 4.99 Å². The zero-order valence-electron chi connectivity index (χ0n) is 9.24. The highest BCUT2D eigenvalue weighted by atomic mass is 35.5. The molecule has 0 aromatic heterocycles. The largest absolute Gasteiger partial charge is 0.466 e. The van der Waals surface area contributed by atoms with E-state index in [0.29, 0.717) is 32.0 Å². The standard InChI is InChI=1S/C10H15ClN2O3/c1-2-16-10(15)5-8-7-13(4-3-12-8)9(14)6-11/h2-7H2,1H3. The molecule has 6 heteroatoms. The van der Waals surface area contributed by atoms with Gasteiger partial charge in [-0.25, -0.2) is 0 Å². The minimum atomic E-state index is -0.304. The first kappa shape index (κ1) is 13.0. The van der Waals surface area contributed by atoms with Gasteiger partial charge in [-0.05, 0) is 6.92 Å². The molecule has 1 amide bonds. The Balaban J connectivity index is 2.47. The molecule has 0 fully saturated rings. The summed E-state index contributed by atoms with van der Waals surface area (Å²) in [5.74, 6) is -0.466. The molecule has 0 aliphatic carbocycles. The molecular weight excluding hydrogens is 232 g/mol. The molecule has 0 unspecified atom stereocenters. The molecule has 0 aromatic rings. The van der Waals surface area contributed by atoms with Gasteiger partial charge >= 0.3 is 5.97 Å². The molecule has 0 atom stereocenters. The van der Waals surface area contributed by atoms with Gasteiger partial charge in [-0.1, -0.05) is 0 Å². The van der Waals surface area contributed by atoms with E-state index in [4.69, 9.17) is 16.3 Å². The topological polar surface area (TPSA) is 59.0 Å². The second-order valence-corrected chi connectivity index (χ2v) is 3.65. The number of alkyl halides is 1. The van der Waals surface area contributed by atoms with Crippen molar-refractivity contribution in [2.75, 3.05) is 32.1 Å². The van der Waals surface area contributed by atoms with Gasteiger partial charge in [-0.15, -0.1) is 11.6 Å². The van der Waals surface area contributed by atoms with E-state index in [9.17, 15) is 9.59 Å². The number of hydrogen-bond donors (Lipinski definition) is 0. The maximum absolute atomic E-state index is 11.3. The van der Waals surface area contributed by atoms with Gasteiger partial charge in [-0.3, -0.25) is 14.6 Å². The Hall–Kier alpha value is -1.10. The highest BCUT2D eigenvalue weighted by molar-refractivity contribution is 6.27. The lowest BCUT2D eigenvalue weighted by molar-refractivity contribution is -0.141. The van der Waals surface area contributed by atoms with Crippen LogP contribution < -0.4 is 0 Å². The smallest absolute Gasteiger partial charge is 0.311 e. The number of carbonyl (C=O) groups excluding carboxylic acids is 2. The van der Waals surface area contributed by atoms with Crippen molar-refractivity contribution in [1.29, 1.82) is 0 Å². The Morgan fingerprint density at radius 2 is 2.31 bits per heavy atom. The molecule has 1 rings (SSSR count). The first-order valence-electron chi connectivity index (χ1n) is 5.19. The number of nitrogens with zero attached hydrogens (tertiary/aromatic N) is 2. The number of hydrogen-bond acceptors (Lipinski definition) is 4. The molecule has 0 N–H and O–H groups in total. The van der Waals surface area contributed by atoms with E-state index in [1.54, 1.807) is 11.8 Å². The van der Waals surface area contributed by atoms with Gasteiger partial charge in [0.2, 0.25) is 5.91 Å². The molecule has 0 saturated carbocycles. The number of amides is 1. The summed E-state index contributed by atoms with van der Waals surface area (Å²) in [6, 6.07) is 0. The molecule has 1 aliphatic rings. The Morgan fingerprint density at radius 1 is 1.56 bits per heavy atom. The lowest BCUT2D eigenvalue weighted by Crippen LogP contribution is -2.42. The van der Waals surface area contributed by atoms with Crippen LogP contribution >= 0.6 is 11.6 Å². The van der Waals surface area contributed by atoms with Crippen molar-refractivity contribution < 1.29 is 14.3 Å². The summed E-state index contributed by atoms with van der Waals surface area (Å²) in [4.78, 5) is 28.4. The normalized spacial score (nSPS) is 15.6. The minimum absolute atomic E-state index is 0.0350. The lowest BCUT2D eigenvalue weighted by atomic mass is 10.2. The van der Waals surface area contributed by atoms with Crippen LogP contribution in [0.4, 0.5) is 0 Å². The van der Waals surface area contributed by atoms with Crippen molar-refractivity contribution in [3.05, 3.63) is 0 Å². The van der Waals surface area contributed by atoms with Crippen LogP contribution in [0.1, 0.15) is 13.3 Å². The average Bonchev–Trinajstić information content (AvgIpc) is 2.28. The Bertz CT molecular complexity index is 304. The van der Waals surface area contributed by atoms with E-state index >= 15 is 0 Å². The minimum Gasteiger partial charge on any atom is -0.466 e. The predicted octanol–water partition coefficient (Wildman–Crippen LogP) is 0.462. The van der Waals surface area contributed by atoms with Gasteiger partial charge in [-0.2, -0.15) is 0 Å². The van der Waals surface area contributed by atoms with Crippen LogP contribution in [-0.2, 0) is 14.3 Å².